The molecule has 0 amide bonds. The van der Waals surface area contributed by atoms with Gasteiger partial charge in [0.1, 0.15) is 12.4 Å². The van der Waals surface area contributed by atoms with Crippen molar-refractivity contribution in [3.63, 3.8) is 0 Å². The number of rotatable bonds is 3. The Morgan fingerprint density at radius 1 is 1.75 bits per heavy atom. The summed E-state index contributed by atoms with van der Waals surface area (Å²) in [6.45, 7) is 3.94. The first kappa shape index (κ1) is 10.9. The Morgan fingerprint density at radius 2 is 2.56 bits per heavy atom. The highest BCUT2D eigenvalue weighted by Gasteiger charge is 2.25. The summed E-state index contributed by atoms with van der Waals surface area (Å²) in [5, 5.41) is 12.6. The molecule has 0 aliphatic carbocycles. The Hall–Kier alpha value is -1.63. The fourth-order valence-corrected chi connectivity index (χ4v) is 1.79. The molecule has 7 nitrogen and oxygen atoms in total. The third-order valence-corrected chi connectivity index (χ3v) is 2.64. The topological polar surface area (TPSA) is 73.4 Å². The monoisotopic (exact) mass is 226 g/mol. The van der Waals surface area contributed by atoms with Crippen LogP contribution in [-0.4, -0.2) is 40.4 Å². The summed E-state index contributed by atoms with van der Waals surface area (Å²) in [6, 6.07) is 0. The lowest BCUT2D eigenvalue weighted by Crippen LogP contribution is -2.48. The summed E-state index contributed by atoms with van der Waals surface area (Å²) >= 11 is 0. The van der Waals surface area contributed by atoms with Gasteiger partial charge in [-0.05, 0) is 11.3 Å². The number of aromatic nitrogens is 2. The van der Waals surface area contributed by atoms with E-state index in [1.165, 1.54) is 10.9 Å². The lowest BCUT2D eigenvalue weighted by atomic mass is 10.2. The molecular formula is C9H14N4O3. The van der Waals surface area contributed by atoms with E-state index in [9.17, 15) is 10.1 Å². The normalized spacial score (nSPS) is 21.1. The third kappa shape index (κ3) is 1.99. The molecule has 7 heteroatoms. The van der Waals surface area contributed by atoms with Crippen LogP contribution in [-0.2, 0) is 4.74 Å². The molecule has 0 aromatic carbocycles. The van der Waals surface area contributed by atoms with Gasteiger partial charge >= 0.3 is 5.95 Å². The number of nitro groups is 1. The molecule has 1 saturated heterocycles. The minimum absolute atomic E-state index is 0.135. The van der Waals surface area contributed by atoms with Gasteiger partial charge in [-0.15, -0.1) is 4.68 Å². The van der Waals surface area contributed by atoms with Crippen molar-refractivity contribution >= 4 is 5.95 Å². The molecule has 2 heterocycles. The van der Waals surface area contributed by atoms with Gasteiger partial charge in [0, 0.05) is 0 Å². The van der Waals surface area contributed by atoms with Crippen molar-refractivity contribution in [2.75, 3.05) is 24.7 Å². The maximum absolute atomic E-state index is 10.7. The highest BCUT2D eigenvalue weighted by atomic mass is 16.6. The van der Waals surface area contributed by atoms with Crippen molar-refractivity contribution in [2.24, 2.45) is 0 Å². The van der Waals surface area contributed by atoms with Crippen molar-refractivity contribution in [1.29, 1.82) is 0 Å². The van der Waals surface area contributed by atoms with E-state index in [0.717, 1.165) is 6.42 Å². The standard InChI is InChI=1S/C9H14N4O3/c1-2-8-7-11(5-6-16-8)12-4-3-10-9(12)13(14)15/h3-4,8H,2,5-7H2,1H3. The van der Waals surface area contributed by atoms with Crippen molar-refractivity contribution in [3.8, 4) is 0 Å². The molecular weight excluding hydrogens is 212 g/mol. The molecule has 0 N–H and O–H groups in total. The van der Waals surface area contributed by atoms with Gasteiger partial charge < -0.3 is 14.9 Å². The lowest BCUT2D eigenvalue weighted by Gasteiger charge is -2.31. The second-order valence-electron chi connectivity index (χ2n) is 3.64. The second-order valence-corrected chi connectivity index (χ2v) is 3.64. The number of hydrogen-bond acceptors (Lipinski definition) is 5. The Morgan fingerprint density at radius 3 is 3.25 bits per heavy atom. The van der Waals surface area contributed by atoms with Crippen LogP contribution in [0.3, 0.4) is 0 Å². The molecule has 88 valence electrons. The molecule has 1 aliphatic heterocycles. The van der Waals surface area contributed by atoms with E-state index in [-0.39, 0.29) is 12.1 Å². The van der Waals surface area contributed by atoms with Gasteiger partial charge in [-0.25, -0.2) is 0 Å². The number of nitrogens with zero attached hydrogens (tertiary/aromatic N) is 4. The molecule has 0 bridgehead atoms. The summed E-state index contributed by atoms with van der Waals surface area (Å²) in [7, 11) is 0. The Labute approximate surface area is 92.8 Å². The maximum Gasteiger partial charge on any atom is 0.456 e. The molecule has 1 aromatic rings. The van der Waals surface area contributed by atoms with Crippen LogP contribution in [0.2, 0.25) is 0 Å². The largest absolute Gasteiger partial charge is 0.456 e. The van der Waals surface area contributed by atoms with E-state index in [2.05, 4.69) is 4.98 Å². The van der Waals surface area contributed by atoms with Crippen LogP contribution in [0.4, 0.5) is 5.95 Å². The van der Waals surface area contributed by atoms with Crippen LogP contribution in [0.15, 0.2) is 12.4 Å². The van der Waals surface area contributed by atoms with Gasteiger partial charge in [-0.3, -0.25) is 5.01 Å². The molecule has 1 unspecified atom stereocenters. The number of imidazole rings is 1. The van der Waals surface area contributed by atoms with Crippen LogP contribution < -0.4 is 5.01 Å². The van der Waals surface area contributed by atoms with Gasteiger partial charge in [0.25, 0.3) is 0 Å². The first-order valence-corrected chi connectivity index (χ1v) is 5.27. The van der Waals surface area contributed by atoms with E-state index in [0.29, 0.717) is 19.7 Å². The third-order valence-electron chi connectivity index (χ3n) is 2.64. The van der Waals surface area contributed by atoms with Gasteiger partial charge in [-0.2, -0.15) is 0 Å². The van der Waals surface area contributed by atoms with Gasteiger partial charge in [0.2, 0.25) is 0 Å². The molecule has 2 rings (SSSR count). The Bertz CT molecular complexity index is 379. The SMILES string of the molecule is CCC1CN(n2ccnc2[N+](=O)[O-])CCO1. The molecule has 0 radical (unpaired) electrons. The molecule has 1 atom stereocenters. The van der Waals surface area contributed by atoms with E-state index >= 15 is 0 Å². The summed E-state index contributed by atoms with van der Waals surface area (Å²) in [4.78, 5) is 14.0. The average molecular weight is 226 g/mol. The number of hydrogen-bond donors (Lipinski definition) is 0. The van der Waals surface area contributed by atoms with E-state index < -0.39 is 4.92 Å². The summed E-state index contributed by atoms with van der Waals surface area (Å²) in [5.41, 5.74) is 0. The molecule has 1 aliphatic rings. The zero-order chi connectivity index (χ0) is 11.5. The minimum atomic E-state index is -0.476. The highest BCUT2D eigenvalue weighted by molar-refractivity contribution is 5.12. The molecule has 16 heavy (non-hydrogen) atoms. The first-order chi connectivity index (χ1) is 7.72. The summed E-state index contributed by atoms with van der Waals surface area (Å²) in [5.74, 6) is -0.142. The summed E-state index contributed by atoms with van der Waals surface area (Å²) in [6.07, 6.45) is 4.08. The average Bonchev–Trinajstić information content (AvgIpc) is 2.78. The van der Waals surface area contributed by atoms with Gasteiger partial charge in [0.15, 0.2) is 0 Å². The van der Waals surface area contributed by atoms with Crippen LogP contribution in [0.1, 0.15) is 13.3 Å². The second kappa shape index (κ2) is 4.48. The summed E-state index contributed by atoms with van der Waals surface area (Å²) < 4.78 is 7.00. The number of morpholine rings is 1. The zero-order valence-corrected chi connectivity index (χ0v) is 9.07. The molecule has 1 fully saturated rings. The first-order valence-electron chi connectivity index (χ1n) is 5.27. The van der Waals surface area contributed by atoms with E-state index in [1.807, 2.05) is 11.9 Å². The predicted molar refractivity (Wildman–Crippen MR) is 56.9 cm³/mol. The molecule has 0 spiro atoms. The predicted octanol–water partition coefficient (Wildman–Crippen LogP) is 0.538. The van der Waals surface area contributed by atoms with Gasteiger partial charge in [-0.1, -0.05) is 11.9 Å². The quantitative estimate of drug-likeness (QED) is 0.555. The zero-order valence-electron chi connectivity index (χ0n) is 9.07. The Kier molecular flexibility index (Phi) is 3.04. The van der Waals surface area contributed by atoms with Crippen molar-refractivity contribution < 1.29 is 9.66 Å². The van der Waals surface area contributed by atoms with Crippen LogP contribution in [0.25, 0.3) is 0 Å². The van der Waals surface area contributed by atoms with Crippen LogP contribution in [0.5, 0.6) is 0 Å². The van der Waals surface area contributed by atoms with Crippen molar-refractivity contribution in [3.05, 3.63) is 22.5 Å². The smallest absolute Gasteiger partial charge is 0.390 e. The van der Waals surface area contributed by atoms with E-state index in [4.69, 9.17) is 4.74 Å². The number of ether oxygens (including phenoxy) is 1. The molecule has 1 aromatic heterocycles. The Balaban J connectivity index is 2.16. The van der Waals surface area contributed by atoms with Crippen LogP contribution >= 0.6 is 0 Å². The molecule has 0 saturated carbocycles. The maximum atomic E-state index is 10.7. The highest BCUT2D eigenvalue weighted by Crippen LogP contribution is 2.13. The lowest BCUT2D eigenvalue weighted by molar-refractivity contribution is -0.396. The van der Waals surface area contributed by atoms with Crippen LogP contribution in [0, 0.1) is 10.1 Å². The van der Waals surface area contributed by atoms with Crippen molar-refractivity contribution in [1.82, 2.24) is 9.66 Å². The van der Waals surface area contributed by atoms with Crippen molar-refractivity contribution in [2.45, 2.75) is 19.4 Å². The van der Waals surface area contributed by atoms with E-state index in [1.54, 1.807) is 6.20 Å². The fourth-order valence-electron chi connectivity index (χ4n) is 1.79. The fraction of sp³-hybridized carbons (Fsp3) is 0.667. The van der Waals surface area contributed by atoms with Gasteiger partial charge in [0.05, 0.1) is 25.8 Å². The minimum Gasteiger partial charge on any atom is -0.390 e.